The van der Waals surface area contributed by atoms with E-state index in [2.05, 4.69) is 54.6 Å². The van der Waals surface area contributed by atoms with Crippen LogP contribution in [0.25, 0.3) is 0 Å². The lowest BCUT2D eigenvalue weighted by Gasteiger charge is -2.18. The third-order valence-corrected chi connectivity index (χ3v) is 4.17. The predicted molar refractivity (Wildman–Crippen MR) is 82.8 cm³/mol. The Morgan fingerprint density at radius 1 is 1.26 bits per heavy atom. The maximum absolute atomic E-state index is 11.9. The summed E-state index contributed by atoms with van der Waals surface area (Å²) in [5.41, 5.74) is 0. The highest BCUT2D eigenvalue weighted by atomic mass is 28.4. The first kappa shape index (κ1) is 15.8. The minimum absolute atomic E-state index is 0.0109. The third kappa shape index (κ3) is 7.07. The number of hydrogen-bond donors (Lipinski definition) is 1. The molecule has 0 bridgehead atoms. The van der Waals surface area contributed by atoms with E-state index in [9.17, 15) is 4.79 Å². The summed E-state index contributed by atoms with van der Waals surface area (Å²) in [5, 5.41) is 2.80. The Hall–Kier alpha value is -1.22. The Morgan fingerprint density at radius 3 is 2.42 bits per heavy atom. The number of anilines is 1. The van der Waals surface area contributed by atoms with E-state index in [1.54, 1.807) is 12.3 Å². The number of aromatic nitrogens is 2. The van der Waals surface area contributed by atoms with Crippen molar-refractivity contribution in [1.29, 1.82) is 0 Å². The molecule has 1 heterocycles. The fourth-order valence-electron chi connectivity index (χ4n) is 1.40. The van der Waals surface area contributed by atoms with Gasteiger partial charge in [0.1, 0.15) is 5.82 Å². The van der Waals surface area contributed by atoms with Gasteiger partial charge in [-0.3, -0.25) is 4.79 Å². The minimum Gasteiger partial charge on any atom is -0.518 e. The van der Waals surface area contributed by atoms with Gasteiger partial charge in [0.25, 0.3) is 0 Å². The number of carbonyl (C=O) groups excluding carboxylic acids is 1. The zero-order valence-corrected chi connectivity index (χ0v) is 14.6. The third-order valence-electron chi connectivity index (χ3n) is 1.99. The second-order valence-electron chi connectivity index (χ2n) is 6.72. The molecule has 19 heavy (non-hydrogen) atoms. The first-order valence-corrected chi connectivity index (χ1v) is 13.5. The second-order valence-corrected chi connectivity index (χ2v) is 16.6. The SMILES string of the molecule is C[Si](C)(C)CC(=O)Nc1ccnc(O[Si](C)(C)C)n1. The molecule has 5 nitrogen and oxygen atoms in total. The van der Waals surface area contributed by atoms with Gasteiger partial charge in [0.15, 0.2) is 0 Å². The minimum atomic E-state index is -1.73. The van der Waals surface area contributed by atoms with Crippen LogP contribution in [0.2, 0.25) is 45.3 Å². The van der Waals surface area contributed by atoms with E-state index >= 15 is 0 Å². The van der Waals surface area contributed by atoms with Crippen molar-refractivity contribution in [3.8, 4) is 6.01 Å². The summed E-state index contributed by atoms with van der Waals surface area (Å²) >= 11 is 0. The summed E-state index contributed by atoms with van der Waals surface area (Å²) in [5.74, 6) is 0.517. The van der Waals surface area contributed by atoms with Gasteiger partial charge in [-0.05, 0) is 25.7 Å². The molecule has 0 aromatic carbocycles. The molecule has 0 aliphatic carbocycles. The molecular formula is C12H23N3O2Si2. The molecule has 0 saturated carbocycles. The molecule has 1 N–H and O–H groups in total. The Balaban J connectivity index is 2.70. The van der Waals surface area contributed by atoms with Gasteiger partial charge in [0.2, 0.25) is 14.2 Å². The molecule has 0 aliphatic heterocycles. The van der Waals surface area contributed by atoms with Crippen LogP contribution in [0.4, 0.5) is 5.82 Å². The van der Waals surface area contributed by atoms with E-state index in [1.165, 1.54) is 0 Å². The standard InChI is InChI=1S/C12H23N3O2Si2/c1-18(2,3)9-11(16)14-10-7-8-13-12(15-10)17-19(4,5)6/h7-8H,9H2,1-6H3,(H,13,14,15,16). The van der Waals surface area contributed by atoms with E-state index in [1.807, 2.05) is 0 Å². The van der Waals surface area contributed by atoms with Gasteiger partial charge in [-0.25, -0.2) is 4.98 Å². The first-order chi connectivity index (χ1) is 8.55. The monoisotopic (exact) mass is 297 g/mol. The lowest BCUT2D eigenvalue weighted by atomic mass is 10.5. The second kappa shape index (κ2) is 5.83. The largest absolute Gasteiger partial charge is 0.518 e. The predicted octanol–water partition coefficient (Wildman–Crippen LogP) is 2.97. The van der Waals surface area contributed by atoms with Crippen LogP contribution in [-0.4, -0.2) is 32.3 Å². The highest BCUT2D eigenvalue weighted by Crippen LogP contribution is 2.14. The molecule has 7 heteroatoms. The molecule has 1 amide bonds. The van der Waals surface area contributed by atoms with Crippen LogP contribution >= 0.6 is 0 Å². The average Bonchev–Trinajstić information content (AvgIpc) is 2.11. The number of amides is 1. The number of carbonyl (C=O) groups is 1. The van der Waals surface area contributed by atoms with Crippen LogP contribution in [0.1, 0.15) is 0 Å². The highest BCUT2D eigenvalue weighted by molar-refractivity contribution is 6.79. The van der Waals surface area contributed by atoms with Crippen molar-refractivity contribution in [1.82, 2.24) is 9.97 Å². The summed E-state index contributed by atoms with van der Waals surface area (Å²) in [6.07, 6.45) is 1.60. The normalized spacial score (nSPS) is 12.1. The smallest absolute Gasteiger partial charge is 0.304 e. The van der Waals surface area contributed by atoms with Crippen LogP contribution in [0.3, 0.4) is 0 Å². The molecule has 0 aliphatic rings. The maximum atomic E-state index is 11.9. The van der Waals surface area contributed by atoms with Crippen molar-refractivity contribution in [2.75, 3.05) is 5.32 Å². The average molecular weight is 298 g/mol. The lowest BCUT2D eigenvalue weighted by Crippen LogP contribution is -2.30. The van der Waals surface area contributed by atoms with Crippen molar-refractivity contribution >= 4 is 28.1 Å². The first-order valence-electron chi connectivity index (χ1n) is 6.37. The summed E-state index contributed by atoms with van der Waals surface area (Å²) < 4.78 is 5.70. The Labute approximate surface area is 117 Å². The summed E-state index contributed by atoms with van der Waals surface area (Å²) in [7, 11) is -3.14. The molecule has 0 spiro atoms. The molecule has 0 atom stereocenters. The van der Waals surface area contributed by atoms with Gasteiger partial charge in [-0.15, -0.1) is 0 Å². The van der Waals surface area contributed by atoms with Crippen molar-refractivity contribution in [2.24, 2.45) is 0 Å². The van der Waals surface area contributed by atoms with Gasteiger partial charge in [0.05, 0.1) is 8.07 Å². The Morgan fingerprint density at radius 2 is 1.89 bits per heavy atom. The van der Waals surface area contributed by atoms with Crippen LogP contribution in [0.5, 0.6) is 6.01 Å². The summed E-state index contributed by atoms with van der Waals surface area (Å²) in [6, 6.07) is 2.60. The Bertz CT molecular complexity index is 453. The van der Waals surface area contributed by atoms with Crippen LogP contribution in [0.15, 0.2) is 12.3 Å². The Kier molecular flexibility index (Phi) is 4.86. The number of nitrogens with zero attached hydrogens (tertiary/aromatic N) is 2. The summed E-state index contributed by atoms with van der Waals surface area (Å²) in [4.78, 5) is 20.1. The van der Waals surface area contributed by atoms with Gasteiger partial charge >= 0.3 is 6.01 Å². The van der Waals surface area contributed by atoms with Gasteiger partial charge in [-0.2, -0.15) is 4.98 Å². The van der Waals surface area contributed by atoms with E-state index in [4.69, 9.17) is 4.43 Å². The van der Waals surface area contributed by atoms with Crippen molar-refractivity contribution < 1.29 is 9.22 Å². The molecule has 0 unspecified atom stereocenters. The molecule has 0 saturated heterocycles. The van der Waals surface area contributed by atoms with E-state index in [0.29, 0.717) is 17.9 Å². The molecule has 1 aromatic heterocycles. The van der Waals surface area contributed by atoms with Gasteiger partial charge in [-0.1, -0.05) is 19.6 Å². The van der Waals surface area contributed by atoms with E-state index in [-0.39, 0.29) is 5.91 Å². The highest BCUT2D eigenvalue weighted by Gasteiger charge is 2.20. The molecule has 0 radical (unpaired) electrons. The number of rotatable bonds is 5. The van der Waals surface area contributed by atoms with Crippen molar-refractivity contribution in [3.05, 3.63) is 12.3 Å². The van der Waals surface area contributed by atoms with Crippen LogP contribution in [-0.2, 0) is 4.79 Å². The van der Waals surface area contributed by atoms with Crippen LogP contribution < -0.4 is 9.74 Å². The van der Waals surface area contributed by atoms with Gasteiger partial charge < -0.3 is 9.74 Å². The molecule has 1 aromatic rings. The van der Waals surface area contributed by atoms with Crippen molar-refractivity contribution in [2.45, 2.75) is 45.3 Å². The molecule has 106 valence electrons. The van der Waals surface area contributed by atoms with E-state index in [0.717, 1.165) is 0 Å². The molecule has 0 fully saturated rings. The lowest BCUT2D eigenvalue weighted by molar-refractivity contribution is -0.114. The molecule has 1 rings (SSSR count). The van der Waals surface area contributed by atoms with Crippen LogP contribution in [0, 0.1) is 0 Å². The van der Waals surface area contributed by atoms with E-state index < -0.39 is 16.4 Å². The number of hydrogen-bond acceptors (Lipinski definition) is 4. The topological polar surface area (TPSA) is 64.1 Å². The zero-order valence-electron chi connectivity index (χ0n) is 12.6. The quantitative estimate of drug-likeness (QED) is 0.849. The maximum Gasteiger partial charge on any atom is 0.304 e. The van der Waals surface area contributed by atoms with Gasteiger partial charge in [0, 0.05) is 12.2 Å². The van der Waals surface area contributed by atoms with Crippen molar-refractivity contribution in [3.63, 3.8) is 0 Å². The number of nitrogens with one attached hydrogen (secondary N) is 1. The molecular weight excluding hydrogens is 274 g/mol. The zero-order chi connectivity index (χ0) is 14.7. The fraction of sp³-hybridized carbons (Fsp3) is 0.583. The fourth-order valence-corrected chi connectivity index (χ4v) is 3.10. The summed E-state index contributed by atoms with van der Waals surface area (Å²) in [6.45, 7) is 12.7.